The molecule has 0 spiro atoms. The van der Waals surface area contributed by atoms with Crippen molar-refractivity contribution in [1.29, 1.82) is 0 Å². The number of hydrazine groups is 1. The number of aromatic amines is 1. The fourth-order valence-electron chi connectivity index (χ4n) is 2.54. The predicted octanol–water partition coefficient (Wildman–Crippen LogP) is 2.54. The molecule has 0 fully saturated rings. The minimum atomic E-state index is -0.663. The third kappa shape index (κ3) is 3.46. The van der Waals surface area contributed by atoms with Crippen LogP contribution in [0.15, 0.2) is 41.2 Å². The monoisotopic (exact) mass is 355 g/mol. The zero-order valence-corrected chi connectivity index (χ0v) is 14.6. The Morgan fingerprint density at radius 2 is 1.84 bits per heavy atom. The fourth-order valence-corrected chi connectivity index (χ4v) is 3.55. The molecule has 0 bridgehead atoms. The lowest BCUT2D eigenvalue weighted by Crippen LogP contribution is -2.43. The van der Waals surface area contributed by atoms with Crippen LogP contribution in [0, 0.1) is 6.92 Å². The number of rotatable bonds is 3. The van der Waals surface area contributed by atoms with Gasteiger partial charge in [0.1, 0.15) is 5.56 Å². The van der Waals surface area contributed by atoms with Gasteiger partial charge in [0.05, 0.1) is 4.88 Å². The van der Waals surface area contributed by atoms with E-state index >= 15 is 0 Å². The molecule has 3 aromatic rings. The van der Waals surface area contributed by atoms with E-state index < -0.39 is 17.4 Å². The first-order valence-corrected chi connectivity index (χ1v) is 8.63. The molecule has 2 heterocycles. The number of pyridine rings is 1. The lowest BCUT2D eigenvalue weighted by atomic mass is 10.1. The van der Waals surface area contributed by atoms with E-state index in [0.717, 1.165) is 22.2 Å². The topological polar surface area (TPSA) is 91.1 Å². The molecule has 0 aliphatic heterocycles. The number of carbonyl (C=O) groups is 2. The number of hydrogen-bond donors (Lipinski definition) is 3. The Bertz CT molecular complexity index is 1020. The van der Waals surface area contributed by atoms with Gasteiger partial charge in [-0.05, 0) is 42.5 Å². The lowest BCUT2D eigenvalue weighted by Gasteiger charge is -2.06. The molecule has 3 rings (SSSR count). The van der Waals surface area contributed by atoms with Gasteiger partial charge in [0.25, 0.3) is 17.4 Å². The smallest absolute Gasteiger partial charge is 0.279 e. The van der Waals surface area contributed by atoms with Crippen molar-refractivity contribution in [3.63, 3.8) is 0 Å². The minimum Gasteiger partial charge on any atom is -0.321 e. The predicted molar refractivity (Wildman–Crippen MR) is 97.9 cm³/mol. The summed E-state index contributed by atoms with van der Waals surface area (Å²) in [6, 6.07) is 10.4. The maximum Gasteiger partial charge on any atom is 0.279 e. The number of fused-ring (bicyclic) bond motifs is 1. The Balaban J connectivity index is 1.75. The van der Waals surface area contributed by atoms with Gasteiger partial charge >= 0.3 is 0 Å². The lowest BCUT2D eigenvalue weighted by molar-refractivity contribution is 0.0848. The first-order valence-electron chi connectivity index (χ1n) is 7.81. The van der Waals surface area contributed by atoms with Crippen molar-refractivity contribution in [1.82, 2.24) is 15.8 Å². The third-order valence-corrected chi connectivity index (χ3v) is 5.23. The molecule has 1 aromatic carbocycles. The van der Waals surface area contributed by atoms with Crippen LogP contribution in [0.5, 0.6) is 0 Å². The van der Waals surface area contributed by atoms with Crippen LogP contribution < -0.4 is 16.4 Å². The van der Waals surface area contributed by atoms with Gasteiger partial charge in [0.2, 0.25) is 0 Å². The molecule has 3 N–H and O–H groups in total. The van der Waals surface area contributed by atoms with Crippen LogP contribution in [-0.2, 0) is 6.42 Å². The first-order chi connectivity index (χ1) is 12.0. The zero-order chi connectivity index (χ0) is 18.0. The number of amides is 2. The second kappa shape index (κ2) is 6.90. The Hall–Kier alpha value is -2.93. The Kier molecular flexibility index (Phi) is 4.67. The molecule has 2 aromatic heterocycles. The van der Waals surface area contributed by atoms with Crippen LogP contribution in [-0.4, -0.2) is 16.8 Å². The normalized spacial score (nSPS) is 10.6. The highest BCUT2D eigenvalue weighted by Crippen LogP contribution is 2.22. The summed E-state index contributed by atoms with van der Waals surface area (Å²) in [6.07, 6.45) is 0.850. The number of para-hydroxylation sites is 1. The summed E-state index contributed by atoms with van der Waals surface area (Å²) in [5.74, 6) is -1.07. The average molecular weight is 355 g/mol. The van der Waals surface area contributed by atoms with Crippen LogP contribution in [0.1, 0.15) is 37.4 Å². The van der Waals surface area contributed by atoms with E-state index in [1.165, 1.54) is 17.4 Å². The van der Waals surface area contributed by atoms with E-state index in [9.17, 15) is 14.4 Å². The zero-order valence-electron chi connectivity index (χ0n) is 13.8. The van der Waals surface area contributed by atoms with Crippen molar-refractivity contribution in [2.45, 2.75) is 20.3 Å². The quantitative estimate of drug-likeness (QED) is 0.631. The standard InChI is InChI=1S/C18H17N3O3S/c1-3-14-10(2)8-15(25-14)18(24)21-20-17(23)12-9-11-6-4-5-7-13(11)19-16(12)22/h4-9H,3H2,1-2H3,(H,19,22)(H,20,23)(H,21,24). The van der Waals surface area contributed by atoms with Crippen molar-refractivity contribution >= 4 is 34.1 Å². The number of H-pyrrole nitrogens is 1. The van der Waals surface area contributed by atoms with E-state index in [2.05, 4.69) is 15.8 Å². The molecule has 0 radical (unpaired) electrons. The maximum atomic E-state index is 12.2. The highest BCUT2D eigenvalue weighted by atomic mass is 32.1. The molecule has 0 atom stereocenters. The van der Waals surface area contributed by atoms with Crippen LogP contribution in [0.25, 0.3) is 10.9 Å². The summed E-state index contributed by atoms with van der Waals surface area (Å²) in [6.45, 7) is 3.97. The van der Waals surface area contributed by atoms with Gasteiger partial charge in [-0.25, -0.2) is 0 Å². The summed E-state index contributed by atoms with van der Waals surface area (Å²) in [4.78, 5) is 40.7. The number of aryl methyl sites for hydroxylation is 2. The third-order valence-electron chi connectivity index (χ3n) is 3.85. The molecule has 6 nitrogen and oxygen atoms in total. The van der Waals surface area contributed by atoms with Gasteiger partial charge in [-0.15, -0.1) is 11.3 Å². The largest absolute Gasteiger partial charge is 0.321 e. The number of hydrogen-bond acceptors (Lipinski definition) is 4. The van der Waals surface area contributed by atoms with Crippen LogP contribution >= 0.6 is 11.3 Å². The van der Waals surface area contributed by atoms with Crippen LogP contribution in [0.3, 0.4) is 0 Å². The van der Waals surface area contributed by atoms with E-state index in [1.807, 2.05) is 19.9 Å². The van der Waals surface area contributed by atoms with Gasteiger partial charge in [0, 0.05) is 10.4 Å². The van der Waals surface area contributed by atoms with E-state index in [1.54, 1.807) is 24.3 Å². The second-order valence-electron chi connectivity index (χ2n) is 5.58. The van der Waals surface area contributed by atoms with Crippen molar-refractivity contribution in [3.8, 4) is 0 Å². The van der Waals surface area contributed by atoms with Gasteiger partial charge in [-0.2, -0.15) is 0 Å². The molecule has 7 heteroatoms. The van der Waals surface area contributed by atoms with Crippen molar-refractivity contribution in [2.24, 2.45) is 0 Å². The molecule has 2 amide bonds. The second-order valence-corrected chi connectivity index (χ2v) is 6.71. The molecular weight excluding hydrogens is 338 g/mol. The molecule has 0 saturated carbocycles. The summed E-state index contributed by atoms with van der Waals surface area (Å²) >= 11 is 1.39. The van der Waals surface area contributed by atoms with Crippen molar-refractivity contribution in [3.05, 3.63) is 67.6 Å². The molecule has 0 aliphatic rings. The summed E-state index contributed by atoms with van der Waals surface area (Å²) in [7, 11) is 0. The summed E-state index contributed by atoms with van der Waals surface area (Å²) < 4.78 is 0. The van der Waals surface area contributed by atoms with Gasteiger partial charge in [0.15, 0.2) is 0 Å². The van der Waals surface area contributed by atoms with Crippen LogP contribution in [0.2, 0.25) is 0 Å². The highest BCUT2D eigenvalue weighted by Gasteiger charge is 2.15. The number of carbonyl (C=O) groups excluding carboxylic acids is 2. The average Bonchev–Trinajstić information content (AvgIpc) is 2.99. The van der Waals surface area contributed by atoms with Gasteiger partial charge in [-0.1, -0.05) is 25.1 Å². The Morgan fingerprint density at radius 1 is 1.12 bits per heavy atom. The molecule has 0 aliphatic carbocycles. The van der Waals surface area contributed by atoms with Crippen molar-refractivity contribution in [2.75, 3.05) is 0 Å². The summed E-state index contributed by atoms with van der Waals surface area (Å²) in [5.41, 5.74) is 5.78. The number of thiophene rings is 1. The van der Waals surface area contributed by atoms with Crippen LogP contribution in [0.4, 0.5) is 0 Å². The van der Waals surface area contributed by atoms with E-state index in [4.69, 9.17) is 0 Å². The Labute approximate surface area is 147 Å². The fraction of sp³-hybridized carbons (Fsp3) is 0.167. The minimum absolute atomic E-state index is 0.0596. The number of aromatic nitrogens is 1. The molecule has 0 unspecified atom stereocenters. The number of benzene rings is 1. The Morgan fingerprint density at radius 3 is 2.56 bits per heavy atom. The van der Waals surface area contributed by atoms with Crippen molar-refractivity contribution < 1.29 is 9.59 Å². The van der Waals surface area contributed by atoms with E-state index in [-0.39, 0.29) is 5.56 Å². The molecule has 128 valence electrons. The number of nitrogens with one attached hydrogen (secondary N) is 3. The maximum absolute atomic E-state index is 12.2. The SMILES string of the molecule is CCc1sc(C(=O)NNC(=O)c2cc3ccccc3[nH]c2=O)cc1C. The summed E-state index contributed by atoms with van der Waals surface area (Å²) in [5, 5.41) is 0.736. The van der Waals surface area contributed by atoms with E-state index in [0.29, 0.717) is 10.4 Å². The molecular formula is C18H17N3O3S. The van der Waals surface area contributed by atoms with Gasteiger partial charge in [-0.3, -0.25) is 25.2 Å². The molecule has 25 heavy (non-hydrogen) atoms. The first kappa shape index (κ1) is 16.9. The molecule has 0 saturated heterocycles. The van der Waals surface area contributed by atoms with Gasteiger partial charge < -0.3 is 4.98 Å². The highest BCUT2D eigenvalue weighted by molar-refractivity contribution is 7.14.